The molecule has 2 aromatic rings. The maximum Gasteiger partial charge on any atom is 0.265 e. The van der Waals surface area contributed by atoms with Gasteiger partial charge in [-0.2, -0.15) is 0 Å². The van der Waals surface area contributed by atoms with E-state index in [0.29, 0.717) is 17.8 Å². The van der Waals surface area contributed by atoms with Crippen molar-refractivity contribution in [2.45, 2.75) is 13.3 Å². The van der Waals surface area contributed by atoms with Crippen molar-refractivity contribution in [3.05, 3.63) is 49.2 Å². The number of thiophene rings is 1. The number of hydrogen-bond acceptors (Lipinski definition) is 4. The maximum absolute atomic E-state index is 12.2. The van der Waals surface area contributed by atoms with Gasteiger partial charge in [0.1, 0.15) is 0 Å². The van der Waals surface area contributed by atoms with E-state index >= 15 is 0 Å². The van der Waals surface area contributed by atoms with Gasteiger partial charge in [0.2, 0.25) is 10.0 Å². The predicted molar refractivity (Wildman–Crippen MR) is 103 cm³/mol. The van der Waals surface area contributed by atoms with Crippen molar-refractivity contribution in [3.63, 3.8) is 0 Å². The molecule has 1 aromatic carbocycles. The number of halogens is 1. The lowest BCUT2D eigenvalue weighted by atomic mass is 10.2. The maximum atomic E-state index is 12.2. The molecule has 0 atom stereocenters. The van der Waals surface area contributed by atoms with Crippen LogP contribution in [0.15, 0.2) is 30.3 Å². The molecule has 0 unspecified atom stereocenters. The molecule has 2 N–H and O–H groups in total. The van der Waals surface area contributed by atoms with Crippen LogP contribution in [-0.4, -0.2) is 27.1 Å². The number of anilines is 1. The summed E-state index contributed by atoms with van der Waals surface area (Å²) in [4.78, 5) is 13.8. The normalized spacial score (nSPS) is 11.4. The topological polar surface area (TPSA) is 75.3 Å². The number of carbonyl (C=O) groups excluding carboxylic acids is 1. The number of carbonyl (C=O) groups is 1. The van der Waals surface area contributed by atoms with Crippen molar-refractivity contribution >= 4 is 55.5 Å². The molecule has 0 aliphatic carbocycles. The van der Waals surface area contributed by atoms with E-state index < -0.39 is 10.0 Å². The molecule has 2 rings (SSSR count). The van der Waals surface area contributed by atoms with Gasteiger partial charge < -0.3 is 5.32 Å². The summed E-state index contributed by atoms with van der Waals surface area (Å²) in [5, 5.41) is 2.88. The molecule has 0 aliphatic rings. The van der Waals surface area contributed by atoms with Crippen LogP contribution in [0.25, 0.3) is 0 Å². The number of aryl methyl sites for hydroxylation is 1. The average molecular weight is 464 g/mol. The van der Waals surface area contributed by atoms with Gasteiger partial charge in [0.15, 0.2) is 0 Å². The van der Waals surface area contributed by atoms with E-state index in [-0.39, 0.29) is 5.91 Å². The van der Waals surface area contributed by atoms with Gasteiger partial charge in [-0.05, 0) is 65.8 Å². The molecular formula is C15H17IN2O3S2. The minimum Gasteiger partial charge on any atom is -0.321 e. The summed E-state index contributed by atoms with van der Waals surface area (Å²) >= 11 is 3.60. The molecule has 0 radical (unpaired) electrons. The highest BCUT2D eigenvalue weighted by molar-refractivity contribution is 14.1. The summed E-state index contributed by atoms with van der Waals surface area (Å²) in [6, 6.07) is 9.38. The zero-order valence-electron chi connectivity index (χ0n) is 12.7. The molecule has 23 heavy (non-hydrogen) atoms. The van der Waals surface area contributed by atoms with Crippen molar-refractivity contribution in [3.8, 4) is 0 Å². The minimum atomic E-state index is -3.18. The molecule has 1 heterocycles. The third-order valence-electron chi connectivity index (χ3n) is 3.05. The summed E-state index contributed by atoms with van der Waals surface area (Å²) in [6.07, 6.45) is 1.69. The second-order valence-electron chi connectivity index (χ2n) is 5.10. The number of rotatable bonds is 6. The molecule has 0 bridgehead atoms. The third-order valence-corrected chi connectivity index (χ3v) is 6.09. The fourth-order valence-corrected chi connectivity index (χ4v) is 3.75. The van der Waals surface area contributed by atoms with E-state index in [4.69, 9.17) is 0 Å². The van der Waals surface area contributed by atoms with Crippen LogP contribution in [0, 0.1) is 10.5 Å². The van der Waals surface area contributed by atoms with Crippen LogP contribution in [0.4, 0.5) is 5.69 Å². The number of hydrogen-bond donors (Lipinski definition) is 2. The van der Waals surface area contributed by atoms with Crippen LogP contribution >= 0.6 is 33.9 Å². The molecule has 124 valence electrons. The quantitative estimate of drug-likeness (QED) is 0.646. The van der Waals surface area contributed by atoms with E-state index in [9.17, 15) is 13.2 Å². The summed E-state index contributed by atoms with van der Waals surface area (Å²) in [6.45, 7) is 2.35. The van der Waals surface area contributed by atoms with Gasteiger partial charge in [0.05, 0.1) is 11.1 Å². The zero-order chi connectivity index (χ0) is 17.0. The standard InChI is InChI=1S/C15H17IN2O3S2/c1-10-3-4-11(9-13(10)16)18-15(19)14-6-5-12(22-14)7-8-17-23(2,20)21/h3-6,9,17H,7-8H2,1-2H3,(H,18,19). The summed E-state index contributed by atoms with van der Waals surface area (Å²) in [5.41, 5.74) is 1.93. The molecule has 0 saturated heterocycles. The lowest BCUT2D eigenvalue weighted by molar-refractivity contribution is 0.103. The van der Waals surface area contributed by atoms with Gasteiger partial charge in [-0.25, -0.2) is 13.1 Å². The summed E-state index contributed by atoms with van der Waals surface area (Å²) in [5.74, 6) is -0.156. The smallest absolute Gasteiger partial charge is 0.265 e. The Morgan fingerprint density at radius 2 is 2.00 bits per heavy atom. The average Bonchev–Trinajstić information content (AvgIpc) is 2.90. The molecule has 1 amide bonds. The van der Waals surface area contributed by atoms with Crippen molar-refractivity contribution < 1.29 is 13.2 Å². The third kappa shape index (κ3) is 5.87. The van der Waals surface area contributed by atoms with E-state index in [1.54, 1.807) is 6.07 Å². The Hall–Kier alpha value is -0.970. The first-order valence-corrected chi connectivity index (χ1v) is 10.6. The highest BCUT2D eigenvalue weighted by Gasteiger charge is 2.10. The Morgan fingerprint density at radius 3 is 2.65 bits per heavy atom. The van der Waals surface area contributed by atoms with E-state index in [1.165, 1.54) is 16.9 Å². The fourth-order valence-electron chi connectivity index (χ4n) is 1.86. The number of amides is 1. The number of sulfonamides is 1. The Kier molecular flexibility index (Phi) is 6.18. The van der Waals surface area contributed by atoms with Crippen LogP contribution in [0.1, 0.15) is 20.1 Å². The molecule has 5 nitrogen and oxygen atoms in total. The largest absolute Gasteiger partial charge is 0.321 e. The van der Waals surface area contributed by atoms with Gasteiger partial charge in [0, 0.05) is 20.7 Å². The Balaban J connectivity index is 1.96. The van der Waals surface area contributed by atoms with Crippen LogP contribution in [0.3, 0.4) is 0 Å². The molecule has 0 spiro atoms. The van der Waals surface area contributed by atoms with Gasteiger partial charge in [0.25, 0.3) is 5.91 Å². The molecular weight excluding hydrogens is 447 g/mol. The first-order chi connectivity index (χ1) is 10.7. The lowest BCUT2D eigenvalue weighted by Gasteiger charge is -2.05. The molecule has 1 aromatic heterocycles. The van der Waals surface area contributed by atoms with E-state index in [0.717, 1.165) is 20.4 Å². The second kappa shape index (κ2) is 7.73. The van der Waals surface area contributed by atoms with E-state index in [2.05, 4.69) is 32.6 Å². The minimum absolute atomic E-state index is 0.156. The predicted octanol–water partition coefficient (Wildman–Crippen LogP) is 3.01. The summed E-state index contributed by atoms with van der Waals surface area (Å²) in [7, 11) is -3.18. The van der Waals surface area contributed by atoms with Gasteiger partial charge >= 0.3 is 0 Å². The Labute approximate surface area is 153 Å². The van der Waals surface area contributed by atoms with E-state index in [1.807, 2.05) is 31.2 Å². The van der Waals surface area contributed by atoms with Crippen molar-refractivity contribution in [2.75, 3.05) is 18.1 Å². The molecule has 0 aliphatic heterocycles. The SMILES string of the molecule is Cc1ccc(NC(=O)c2ccc(CCNS(C)(=O)=O)s2)cc1I. The molecule has 0 saturated carbocycles. The lowest BCUT2D eigenvalue weighted by Crippen LogP contribution is -2.24. The van der Waals surface area contributed by atoms with Crippen LogP contribution < -0.4 is 10.0 Å². The van der Waals surface area contributed by atoms with Crippen LogP contribution in [0.5, 0.6) is 0 Å². The zero-order valence-corrected chi connectivity index (χ0v) is 16.5. The Morgan fingerprint density at radius 1 is 1.26 bits per heavy atom. The van der Waals surface area contributed by atoms with Crippen LogP contribution in [0.2, 0.25) is 0 Å². The summed E-state index contributed by atoms with van der Waals surface area (Å²) < 4.78 is 25.6. The van der Waals surface area contributed by atoms with Crippen molar-refractivity contribution in [2.24, 2.45) is 0 Å². The van der Waals surface area contributed by atoms with Gasteiger partial charge in [-0.15, -0.1) is 11.3 Å². The molecule has 0 fully saturated rings. The van der Waals surface area contributed by atoms with Gasteiger partial charge in [-0.3, -0.25) is 4.79 Å². The number of benzene rings is 1. The van der Waals surface area contributed by atoms with Crippen molar-refractivity contribution in [1.29, 1.82) is 0 Å². The van der Waals surface area contributed by atoms with Crippen molar-refractivity contribution in [1.82, 2.24) is 4.72 Å². The number of nitrogens with one attached hydrogen (secondary N) is 2. The first-order valence-electron chi connectivity index (χ1n) is 6.85. The second-order valence-corrected chi connectivity index (χ2v) is 9.26. The monoisotopic (exact) mass is 464 g/mol. The highest BCUT2D eigenvalue weighted by atomic mass is 127. The molecule has 8 heteroatoms. The Bertz CT molecular complexity index is 816. The fraction of sp³-hybridized carbons (Fsp3) is 0.267. The first kappa shape index (κ1) is 18.4. The van der Waals surface area contributed by atoms with Gasteiger partial charge in [-0.1, -0.05) is 6.07 Å². The van der Waals surface area contributed by atoms with Crippen LogP contribution in [-0.2, 0) is 16.4 Å². The highest BCUT2D eigenvalue weighted by Crippen LogP contribution is 2.21.